The van der Waals surface area contributed by atoms with Crippen LogP contribution < -0.4 is 9.47 Å². The molecule has 2 aromatic rings. The number of pyridine rings is 1. The molecule has 1 atom stereocenters. The van der Waals surface area contributed by atoms with Crippen molar-refractivity contribution in [2.75, 3.05) is 7.11 Å². The van der Waals surface area contributed by atoms with Gasteiger partial charge in [0.25, 0.3) is 0 Å². The van der Waals surface area contributed by atoms with Crippen molar-refractivity contribution in [3.05, 3.63) is 65.4 Å². The van der Waals surface area contributed by atoms with Crippen LogP contribution in [0.15, 0.2) is 54.0 Å². The van der Waals surface area contributed by atoms with E-state index in [0.717, 1.165) is 18.2 Å². The summed E-state index contributed by atoms with van der Waals surface area (Å²) in [4.78, 5) is 4.02. The zero-order chi connectivity index (χ0) is 22.6. The molecule has 0 saturated carbocycles. The molecule has 0 amide bonds. The monoisotopic (exact) mass is 437 g/mol. The average molecular weight is 437 g/mol. The Morgan fingerprint density at radius 2 is 2.10 bits per heavy atom. The molecule has 31 heavy (non-hydrogen) atoms. The Morgan fingerprint density at radius 3 is 2.74 bits per heavy atom. The van der Waals surface area contributed by atoms with Gasteiger partial charge in [0.1, 0.15) is 17.7 Å². The van der Waals surface area contributed by atoms with E-state index in [-0.39, 0.29) is 23.8 Å². The lowest BCUT2D eigenvalue weighted by Crippen LogP contribution is -2.10. The molecule has 1 aliphatic heterocycles. The molecule has 1 unspecified atom stereocenters. The number of aryl methyl sites for hydroxylation is 1. The number of aromatic nitrogens is 3. The first-order chi connectivity index (χ1) is 14.8. The Morgan fingerprint density at radius 1 is 1.32 bits per heavy atom. The Kier molecular flexibility index (Phi) is 6.82. The van der Waals surface area contributed by atoms with Crippen molar-refractivity contribution in [3.63, 3.8) is 0 Å². The topological polar surface area (TPSA) is 49.2 Å². The second kappa shape index (κ2) is 9.36. The van der Waals surface area contributed by atoms with E-state index in [0.29, 0.717) is 30.3 Å². The van der Waals surface area contributed by atoms with Crippen molar-refractivity contribution in [3.8, 4) is 11.6 Å². The summed E-state index contributed by atoms with van der Waals surface area (Å²) in [6, 6.07) is 4.89. The first kappa shape index (κ1) is 22.6. The number of nitrogens with zero attached hydrogens (tertiary/aromatic N) is 3. The zero-order valence-electron chi connectivity index (χ0n) is 17.4. The van der Waals surface area contributed by atoms with Crippen molar-refractivity contribution in [2.45, 2.75) is 45.5 Å². The summed E-state index contributed by atoms with van der Waals surface area (Å²) >= 11 is 0. The van der Waals surface area contributed by atoms with Gasteiger partial charge in [-0.1, -0.05) is 19.1 Å². The maximum absolute atomic E-state index is 14.6. The molecule has 0 spiro atoms. The van der Waals surface area contributed by atoms with Gasteiger partial charge in [-0.05, 0) is 31.6 Å². The van der Waals surface area contributed by atoms with Crippen LogP contribution in [0.1, 0.15) is 44.2 Å². The lowest BCUT2D eigenvalue weighted by Gasteiger charge is -2.13. The quantitative estimate of drug-likeness (QED) is 0.396. The van der Waals surface area contributed by atoms with E-state index in [4.69, 9.17) is 9.47 Å². The Balaban J connectivity index is 1.95. The van der Waals surface area contributed by atoms with E-state index < -0.39 is 17.6 Å². The van der Waals surface area contributed by atoms with Crippen LogP contribution in [-0.4, -0.2) is 28.1 Å². The number of allylic oxidation sites excluding steroid dienone is 6. The van der Waals surface area contributed by atoms with Gasteiger partial charge in [0.05, 0.1) is 24.1 Å². The van der Waals surface area contributed by atoms with E-state index in [2.05, 4.69) is 10.1 Å². The van der Waals surface area contributed by atoms with Gasteiger partial charge in [0.15, 0.2) is 0 Å². The molecule has 0 N–H and O–H groups in total. The van der Waals surface area contributed by atoms with Crippen LogP contribution in [0.4, 0.5) is 17.6 Å². The van der Waals surface area contributed by atoms with E-state index >= 15 is 0 Å². The molecule has 2 aromatic heterocycles. The summed E-state index contributed by atoms with van der Waals surface area (Å²) < 4.78 is 67.4. The predicted octanol–water partition coefficient (Wildman–Crippen LogP) is 5.97. The molecular formula is C22H23F4N3O2. The zero-order valence-corrected chi connectivity index (χ0v) is 17.4. The smallest absolute Gasteiger partial charge is 0.416 e. The van der Waals surface area contributed by atoms with E-state index in [1.807, 2.05) is 0 Å². The molecule has 9 heteroatoms. The van der Waals surface area contributed by atoms with Gasteiger partial charge in [-0.2, -0.15) is 18.3 Å². The predicted molar refractivity (Wildman–Crippen MR) is 108 cm³/mol. The third-order valence-corrected chi connectivity index (χ3v) is 4.78. The summed E-state index contributed by atoms with van der Waals surface area (Å²) in [7, 11) is 1.49. The highest BCUT2D eigenvalue weighted by atomic mass is 19.4. The molecule has 166 valence electrons. The summed E-state index contributed by atoms with van der Waals surface area (Å²) in [6.07, 6.45) is 0.319. The molecule has 3 heterocycles. The molecule has 0 saturated heterocycles. The molecule has 0 bridgehead atoms. The Labute approximate surface area is 177 Å². The number of methoxy groups -OCH3 is 1. The highest BCUT2D eigenvalue weighted by Gasteiger charge is 2.33. The minimum absolute atomic E-state index is 0.123. The number of rotatable bonds is 7. The minimum Gasteiger partial charge on any atom is -0.484 e. The van der Waals surface area contributed by atoms with Crippen LogP contribution in [0.2, 0.25) is 0 Å². The van der Waals surface area contributed by atoms with Gasteiger partial charge < -0.3 is 9.47 Å². The lowest BCUT2D eigenvalue weighted by molar-refractivity contribution is -0.0883. The summed E-state index contributed by atoms with van der Waals surface area (Å²) in [5.74, 6) is 0.153. The maximum Gasteiger partial charge on any atom is 0.416 e. The molecule has 0 radical (unpaired) electrons. The standard InChI is InChI=1S/C22H23F4N3O2/c1-4-6-14(22(24,25)26)11-16(17(23)5-2)18-13-19-20(8-10-29(19)28-18)31-15-7-9-27-21(12-15)30-3/h5-7,9,11-13,20H,4,8,10H2,1-3H3/b14-6-,16-11+,17-5+. The van der Waals surface area contributed by atoms with Crippen LogP contribution in [-0.2, 0) is 6.54 Å². The van der Waals surface area contributed by atoms with Crippen LogP contribution in [0.3, 0.4) is 0 Å². The second-order valence-electron chi connectivity index (χ2n) is 6.87. The van der Waals surface area contributed by atoms with Gasteiger partial charge in [-0.3, -0.25) is 4.68 Å². The minimum atomic E-state index is -4.59. The van der Waals surface area contributed by atoms with Crippen LogP contribution in [0.25, 0.3) is 5.57 Å². The molecule has 3 rings (SSSR count). The highest BCUT2D eigenvalue weighted by Crippen LogP contribution is 2.36. The number of alkyl halides is 3. The van der Waals surface area contributed by atoms with Crippen LogP contribution >= 0.6 is 0 Å². The fraction of sp³-hybridized carbons (Fsp3) is 0.364. The van der Waals surface area contributed by atoms with Crippen molar-refractivity contribution >= 4 is 5.57 Å². The van der Waals surface area contributed by atoms with E-state index in [1.165, 1.54) is 14.0 Å². The lowest BCUT2D eigenvalue weighted by atomic mass is 10.0. The van der Waals surface area contributed by atoms with Gasteiger partial charge in [-0.15, -0.1) is 0 Å². The van der Waals surface area contributed by atoms with Crippen molar-refractivity contribution in [1.29, 1.82) is 0 Å². The maximum atomic E-state index is 14.6. The largest absolute Gasteiger partial charge is 0.484 e. The van der Waals surface area contributed by atoms with Crippen molar-refractivity contribution < 1.29 is 27.0 Å². The SMILES string of the molecule is C\C=C(F)/C(=C\C(=C\CC)C(F)(F)F)c1cc2n(n1)CCC2Oc1ccnc(OC)c1. The number of ether oxygens (including phenoxy) is 2. The third-order valence-electron chi connectivity index (χ3n) is 4.78. The molecule has 1 aliphatic rings. The first-order valence-corrected chi connectivity index (χ1v) is 9.82. The van der Waals surface area contributed by atoms with Crippen molar-refractivity contribution in [2.24, 2.45) is 0 Å². The third kappa shape index (κ3) is 5.15. The van der Waals surface area contributed by atoms with Crippen LogP contribution in [0, 0.1) is 0 Å². The fourth-order valence-corrected chi connectivity index (χ4v) is 3.30. The molecular weight excluding hydrogens is 414 g/mol. The van der Waals surface area contributed by atoms with E-state index in [9.17, 15) is 17.6 Å². The van der Waals surface area contributed by atoms with Crippen LogP contribution in [0.5, 0.6) is 11.6 Å². The van der Waals surface area contributed by atoms with Gasteiger partial charge >= 0.3 is 6.18 Å². The van der Waals surface area contributed by atoms with Gasteiger partial charge in [0, 0.05) is 30.8 Å². The normalized spacial score (nSPS) is 17.6. The molecule has 0 fully saturated rings. The summed E-state index contributed by atoms with van der Waals surface area (Å²) in [6.45, 7) is 3.52. The number of halogens is 4. The number of hydrogen-bond donors (Lipinski definition) is 0. The fourth-order valence-electron chi connectivity index (χ4n) is 3.30. The van der Waals surface area contributed by atoms with Gasteiger partial charge in [0.2, 0.25) is 5.88 Å². The Bertz CT molecular complexity index is 1020. The summed E-state index contributed by atoms with van der Waals surface area (Å²) in [5.41, 5.74) is -0.344. The second-order valence-corrected chi connectivity index (χ2v) is 6.87. The highest BCUT2D eigenvalue weighted by molar-refractivity contribution is 5.77. The molecule has 0 aromatic carbocycles. The van der Waals surface area contributed by atoms with Crippen molar-refractivity contribution in [1.82, 2.24) is 14.8 Å². The summed E-state index contributed by atoms with van der Waals surface area (Å²) in [5, 5.41) is 4.34. The Hall–Kier alpha value is -3.10. The number of fused-ring (bicyclic) bond motifs is 1. The first-order valence-electron chi connectivity index (χ1n) is 9.82. The molecule has 5 nitrogen and oxygen atoms in total. The van der Waals surface area contributed by atoms with E-state index in [1.54, 1.807) is 36.0 Å². The average Bonchev–Trinajstić information content (AvgIpc) is 3.31. The van der Waals surface area contributed by atoms with Gasteiger partial charge in [-0.25, -0.2) is 9.37 Å². The number of hydrogen-bond acceptors (Lipinski definition) is 4. The molecule has 0 aliphatic carbocycles.